The molecular formula is C14H24N2S. The summed E-state index contributed by atoms with van der Waals surface area (Å²) in [6.07, 6.45) is 3.97. The molecule has 1 aliphatic rings. The van der Waals surface area contributed by atoms with Gasteiger partial charge in [-0.15, -0.1) is 11.3 Å². The Morgan fingerprint density at radius 1 is 1.53 bits per heavy atom. The topological polar surface area (TPSA) is 15.3 Å². The molecule has 0 amide bonds. The predicted molar refractivity (Wildman–Crippen MR) is 75.7 cm³/mol. The van der Waals surface area contributed by atoms with Crippen LogP contribution >= 0.6 is 11.3 Å². The van der Waals surface area contributed by atoms with E-state index in [0.717, 1.165) is 5.92 Å². The second-order valence-electron chi connectivity index (χ2n) is 4.93. The molecule has 2 nitrogen and oxygen atoms in total. The van der Waals surface area contributed by atoms with Crippen molar-refractivity contribution in [3.8, 4) is 0 Å². The van der Waals surface area contributed by atoms with Gasteiger partial charge in [-0.25, -0.2) is 0 Å². The molecule has 1 aromatic rings. The van der Waals surface area contributed by atoms with E-state index in [0.29, 0.717) is 0 Å². The first-order valence-electron chi connectivity index (χ1n) is 6.84. The molecule has 2 rings (SSSR count). The SMILES string of the molecule is CCN(CCc1cccs1)CC1CCCNC1. The number of nitrogens with zero attached hydrogens (tertiary/aromatic N) is 1. The van der Waals surface area contributed by atoms with Gasteiger partial charge in [0, 0.05) is 18.0 Å². The Bertz CT molecular complexity index is 291. The fourth-order valence-electron chi connectivity index (χ4n) is 2.55. The minimum absolute atomic E-state index is 0.868. The lowest BCUT2D eigenvalue weighted by molar-refractivity contribution is 0.218. The van der Waals surface area contributed by atoms with E-state index in [4.69, 9.17) is 0 Å². The molecule has 1 saturated heterocycles. The molecule has 0 aliphatic carbocycles. The van der Waals surface area contributed by atoms with Gasteiger partial charge in [-0.1, -0.05) is 13.0 Å². The first kappa shape index (κ1) is 13.1. The Morgan fingerprint density at radius 3 is 3.12 bits per heavy atom. The first-order valence-corrected chi connectivity index (χ1v) is 7.72. The van der Waals surface area contributed by atoms with Crippen molar-refractivity contribution < 1.29 is 0 Å². The van der Waals surface area contributed by atoms with Crippen LogP contribution in [0.2, 0.25) is 0 Å². The summed E-state index contributed by atoms with van der Waals surface area (Å²) < 4.78 is 0. The molecule has 1 aromatic heterocycles. The molecule has 0 aromatic carbocycles. The van der Waals surface area contributed by atoms with Gasteiger partial charge in [0.2, 0.25) is 0 Å². The summed E-state index contributed by atoms with van der Waals surface area (Å²) in [6.45, 7) is 8.39. The summed E-state index contributed by atoms with van der Waals surface area (Å²) in [5.74, 6) is 0.868. The van der Waals surface area contributed by atoms with E-state index in [-0.39, 0.29) is 0 Å². The highest BCUT2D eigenvalue weighted by Crippen LogP contribution is 2.13. The predicted octanol–water partition coefficient (Wildman–Crippen LogP) is 2.61. The lowest BCUT2D eigenvalue weighted by Gasteiger charge is -2.29. The number of rotatable bonds is 6. The third-order valence-corrected chi connectivity index (χ3v) is 4.55. The Hall–Kier alpha value is -0.380. The van der Waals surface area contributed by atoms with E-state index in [2.05, 4.69) is 34.7 Å². The Balaban J connectivity index is 1.72. The highest BCUT2D eigenvalue weighted by molar-refractivity contribution is 7.09. The number of hydrogen-bond acceptors (Lipinski definition) is 3. The molecule has 1 N–H and O–H groups in total. The largest absolute Gasteiger partial charge is 0.316 e. The normalized spacial score (nSPS) is 20.9. The zero-order valence-electron chi connectivity index (χ0n) is 10.8. The zero-order valence-corrected chi connectivity index (χ0v) is 11.6. The Labute approximate surface area is 109 Å². The van der Waals surface area contributed by atoms with Gasteiger partial charge in [0.15, 0.2) is 0 Å². The van der Waals surface area contributed by atoms with Crippen LogP contribution in [-0.2, 0) is 6.42 Å². The van der Waals surface area contributed by atoms with Crippen LogP contribution in [0.15, 0.2) is 17.5 Å². The second kappa shape index (κ2) is 7.14. The summed E-state index contributed by atoms with van der Waals surface area (Å²) in [5, 5.41) is 5.69. The molecule has 0 bridgehead atoms. The van der Waals surface area contributed by atoms with E-state index < -0.39 is 0 Å². The molecular weight excluding hydrogens is 228 g/mol. The number of hydrogen-bond donors (Lipinski definition) is 1. The molecule has 3 heteroatoms. The smallest absolute Gasteiger partial charge is 0.00579 e. The van der Waals surface area contributed by atoms with E-state index in [9.17, 15) is 0 Å². The van der Waals surface area contributed by atoms with E-state index >= 15 is 0 Å². The van der Waals surface area contributed by atoms with Gasteiger partial charge in [-0.05, 0) is 56.3 Å². The van der Waals surface area contributed by atoms with Crippen molar-refractivity contribution in [1.82, 2.24) is 10.2 Å². The third-order valence-electron chi connectivity index (χ3n) is 3.62. The highest BCUT2D eigenvalue weighted by Gasteiger charge is 2.15. The minimum atomic E-state index is 0.868. The number of piperidine rings is 1. The number of thiophene rings is 1. The molecule has 1 aliphatic heterocycles. The maximum absolute atomic E-state index is 3.51. The van der Waals surface area contributed by atoms with E-state index in [1.807, 2.05) is 11.3 Å². The van der Waals surface area contributed by atoms with Crippen molar-refractivity contribution in [2.24, 2.45) is 5.92 Å². The lowest BCUT2D eigenvalue weighted by Crippen LogP contribution is -2.39. The average molecular weight is 252 g/mol. The molecule has 2 heterocycles. The molecule has 1 fully saturated rings. The van der Waals surface area contributed by atoms with Gasteiger partial charge >= 0.3 is 0 Å². The summed E-state index contributed by atoms with van der Waals surface area (Å²) in [4.78, 5) is 4.13. The van der Waals surface area contributed by atoms with Gasteiger partial charge in [0.05, 0.1) is 0 Å². The molecule has 1 atom stereocenters. The van der Waals surface area contributed by atoms with Crippen molar-refractivity contribution in [3.05, 3.63) is 22.4 Å². The zero-order chi connectivity index (χ0) is 11.9. The van der Waals surface area contributed by atoms with Gasteiger partial charge < -0.3 is 10.2 Å². The second-order valence-corrected chi connectivity index (χ2v) is 5.97. The van der Waals surface area contributed by atoms with Crippen LogP contribution in [0.1, 0.15) is 24.6 Å². The summed E-state index contributed by atoms with van der Waals surface area (Å²) in [5.41, 5.74) is 0. The Kier molecular flexibility index (Phi) is 5.49. The average Bonchev–Trinajstić information content (AvgIpc) is 2.89. The van der Waals surface area contributed by atoms with Crippen molar-refractivity contribution in [1.29, 1.82) is 0 Å². The maximum atomic E-state index is 3.51. The maximum Gasteiger partial charge on any atom is 0.00579 e. The van der Waals surface area contributed by atoms with Crippen molar-refractivity contribution in [3.63, 3.8) is 0 Å². The van der Waals surface area contributed by atoms with Gasteiger partial charge in [0.25, 0.3) is 0 Å². The molecule has 0 spiro atoms. The molecule has 1 unspecified atom stereocenters. The van der Waals surface area contributed by atoms with Gasteiger partial charge in [-0.3, -0.25) is 0 Å². The fraction of sp³-hybridized carbons (Fsp3) is 0.714. The quantitative estimate of drug-likeness (QED) is 0.837. The summed E-state index contributed by atoms with van der Waals surface area (Å²) in [6, 6.07) is 4.40. The van der Waals surface area contributed by atoms with Crippen molar-refractivity contribution in [2.45, 2.75) is 26.2 Å². The van der Waals surface area contributed by atoms with E-state index in [1.54, 1.807) is 0 Å². The van der Waals surface area contributed by atoms with Crippen molar-refractivity contribution in [2.75, 3.05) is 32.7 Å². The van der Waals surface area contributed by atoms with Crippen LogP contribution in [0.3, 0.4) is 0 Å². The fourth-order valence-corrected chi connectivity index (χ4v) is 3.24. The molecule has 0 saturated carbocycles. The van der Waals surface area contributed by atoms with Crippen LogP contribution in [0.4, 0.5) is 0 Å². The van der Waals surface area contributed by atoms with Crippen LogP contribution in [0, 0.1) is 5.92 Å². The van der Waals surface area contributed by atoms with Crippen LogP contribution in [0.25, 0.3) is 0 Å². The number of nitrogens with one attached hydrogen (secondary N) is 1. The standard InChI is InChI=1S/C14H24N2S/c1-2-16(9-7-14-6-4-10-17-14)12-13-5-3-8-15-11-13/h4,6,10,13,15H,2-3,5,7-9,11-12H2,1H3. The highest BCUT2D eigenvalue weighted by atomic mass is 32.1. The number of likely N-dealkylation sites (N-methyl/N-ethyl adjacent to an activating group) is 1. The summed E-state index contributed by atoms with van der Waals surface area (Å²) >= 11 is 1.88. The third kappa shape index (κ3) is 4.41. The molecule has 17 heavy (non-hydrogen) atoms. The van der Waals surface area contributed by atoms with Crippen LogP contribution in [-0.4, -0.2) is 37.6 Å². The Morgan fingerprint density at radius 2 is 2.47 bits per heavy atom. The van der Waals surface area contributed by atoms with Gasteiger partial charge in [0.1, 0.15) is 0 Å². The van der Waals surface area contributed by atoms with Crippen molar-refractivity contribution >= 4 is 11.3 Å². The minimum Gasteiger partial charge on any atom is -0.316 e. The van der Waals surface area contributed by atoms with E-state index in [1.165, 1.54) is 56.9 Å². The van der Waals surface area contributed by atoms with Gasteiger partial charge in [-0.2, -0.15) is 0 Å². The van der Waals surface area contributed by atoms with Crippen LogP contribution in [0.5, 0.6) is 0 Å². The first-order chi connectivity index (χ1) is 8.38. The monoisotopic (exact) mass is 252 g/mol. The lowest BCUT2D eigenvalue weighted by atomic mass is 9.99. The molecule has 0 radical (unpaired) electrons. The molecule has 96 valence electrons. The van der Waals surface area contributed by atoms with Crippen LogP contribution < -0.4 is 5.32 Å². The summed E-state index contributed by atoms with van der Waals surface area (Å²) in [7, 11) is 0.